The van der Waals surface area contributed by atoms with Gasteiger partial charge in [-0.2, -0.15) is 0 Å². The maximum absolute atomic E-state index is 5.52. The number of rotatable bonds is 7. The van der Waals surface area contributed by atoms with E-state index in [9.17, 15) is 0 Å². The van der Waals surface area contributed by atoms with Crippen molar-refractivity contribution in [2.75, 3.05) is 36.9 Å². The number of hydrogen-bond acceptors (Lipinski definition) is 6. The number of nitrogens with two attached hydrogens (primary N) is 1. The summed E-state index contributed by atoms with van der Waals surface area (Å²) in [5.74, 6) is 7.44. The average molecular weight is 278 g/mol. The van der Waals surface area contributed by atoms with Gasteiger partial charge in [-0.3, -0.25) is 0 Å². The summed E-state index contributed by atoms with van der Waals surface area (Å²) in [6, 6.07) is 0. The molecule has 0 atom stereocenters. The van der Waals surface area contributed by atoms with E-state index < -0.39 is 0 Å². The Hall–Kier alpha value is -1.40. The predicted molar refractivity (Wildman–Crippen MR) is 82.7 cm³/mol. The molecule has 112 valence electrons. The van der Waals surface area contributed by atoms with Crippen molar-refractivity contribution in [3.63, 3.8) is 0 Å². The van der Waals surface area contributed by atoms with Crippen LogP contribution >= 0.6 is 0 Å². The Labute approximate surface area is 121 Å². The van der Waals surface area contributed by atoms with E-state index in [1.54, 1.807) is 6.33 Å². The molecule has 1 aromatic rings. The van der Waals surface area contributed by atoms with Crippen molar-refractivity contribution < 1.29 is 0 Å². The van der Waals surface area contributed by atoms with Gasteiger partial charge in [0.1, 0.15) is 18.0 Å². The molecule has 6 heteroatoms. The zero-order valence-corrected chi connectivity index (χ0v) is 12.5. The highest BCUT2D eigenvalue weighted by molar-refractivity contribution is 5.58. The molecule has 0 amide bonds. The van der Waals surface area contributed by atoms with Gasteiger partial charge in [0.25, 0.3) is 0 Å². The molecule has 0 spiro atoms. The highest BCUT2D eigenvalue weighted by atomic mass is 15.3. The molecule has 20 heavy (non-hydrogen) atoms. The molecule has 6 nitrogen and oxygen atoms in total. The fourth-order valence-electron chi connectivity index (χ4n) is 2.71. The molecule has 1 aliphatic heterocycles. The third-order valence-electron chi connectivity index (χ3n) is 3.74. The van der Waals surface area contributed by atoms with Crippen molar-refractivity contribution in [3.8, 4) is 0 Å². The highest BCUT2D eigenvalue weighted by Gasteiger charge is 2.14. The first-order valence-electron chi connectivity index (χ1n) is 7.50. The van der Waals surface area contributed by atoms with Gasteiger partial charge < -0.3 is 15.6 Å². The standard InChI is InChI=1S/C14H26N6/c1-11(2)12-13(17-10-18-14(12)19-15)16-6-5-9-20-7-3-4-8-20/h10-11H,3-9,15H2,1-2H3,(H2,16,17,18,19). The van der Waals surface area contributed by atoms with Crippen LogP contribution in [-0.4, -0.2) is 41.0 Å². The van der Waals surface area contributed by atoms with E-state index in [2.05, 4.69) is 39.5 Å². The van der Waals surface area contributed by atoms with Gasteiger partial charge in [-0.25, -0.2) is 15.8 Å². The SMILES string of the molecule is CC(C)c1c(NN)ncnc1NCCCN1CCCC1. The highest BCUT2D eigenvalue weighted by Crippen LogP contribution is 2.27. The summed E-state index contributed by atoms with van der Waals surface area (Å²) >= 11 is 0. The smallest absolute Gasteiger partial charge is 0.148 e. The van der Waals surface area contributed by atoms with Gasteiger partial charge in [-0.15, -0.1) is 0 Å². The molecule has 2 heterocycles. The number of nitrogens with one attached hydrogen (secondary N) is 2. The van der Waals surface area contributed by atoms with Gasteiger partial charge in [0.2, 0.25) is 0 Å². The summed E-state index contributed by atoms with van der Waals surface area (Å²) in [5, 5.41) is 3.42. The fraction of sp³-hybridized carbons (Fsp3) is 0.714. The second kappa shape index (κ2) is 7.40. The molecule has 2 rings (SSSR count). The molecule has 0 radical (unpaired) electrons. The molecule has 1 aromatic heterocycles. The lowest BCUT2D eigenvalue weighted by Crippen LogP contribution is -2.23. The number of hydrogen-bond donors (Lipinski definition) is 3. The minimum Gasteiger partial charge on any atom is -0.370 e. The maximum atomic E-state index is 5.52. The van der Waals surface area contributed by atoms with Gasteiger partial charge in [-0.1, -0.05) is 13.8 Å². The Morgan fingerprint density at radius 3 is 2.60 bits per heavy atom. The van der Waals surface area contributed by atoms with Crippen molar-refractivity contribution in [2.45, 2.75) is 39.0 Å². The number of anilines is 2. The zero-order chi connectivity index (χ0) is 14.4. The summed E-state index contributed by atoms with van der Waals surface area (Å²) < 4.78 is 0. The van der Waals surface area contributed by atoms with Crippen molar-refractivity contribution >= 4 is 11.6 Å². The molecule has 1 fully saturated rings. The minimum absolute atomic E-state index is 0.323. The molecule has 0 aliphatic carbocycles. The molecule has 1 saturated heterocycles. The quantitative estimate of drug-likeness (QED) is 0.401. The molecule has 0 bridgehead atoms. The van der Waals surface area contributed by atoms with E-state index in [-0.39, 0.29) is 0 Å². The van der Waals surface area contributed by atoms with Gasteiger partial charge in [0.15, 0.2) is 0 Å². The van der Waals surface area contributed by atoms with Crippen LogP contribution in [0.4, 0.5) is 11.6 Å². The van der Waals surface area contributed by atoms with E-state index in [1.165, 1.54) is 25.9 Å². The lowest BCUT2D eigenvalue weighted by Gasteiger charge is -2.18. The van der Waals surface area contributed by atoms with E-state index >= 15 is 0 Å². The van der Waals surface area contributed by atoms with Gasteiger partial charge in [-0.05, 0) is 44.8 Å². The fourth-order valence-corrected chi connectivity index (χ4v) is 2.71. The number of nitrogens with zero attached hydrogens (tertiary/aromatic N) is 3. The molecule has 0 saturated carbocycles. The molecule has 1 aliphatic rings. The summed E-state index contributed by atoms with van der Waals surface area (Å²) in [7, 11) is 0. The molecule has 0 unspecified atom stereocenters. The van der Waals surface area contributed by atoms with Crippen LogP contribution in [-0.2, 0) is 0 Å². The van der Waals surface area contributed by atoms with E-state index in [1.807, 2.05) is 0 Å². The summed E-state index contributed by atoms with van der Waals surface area (Å²) in [6.45, 7) is 8.84. The number of likely N-dealkylation sites (tertiary alicyclic amines) is 1. The van der Waals surface area contributed by atoms with E-state index in [0.29, 0.717) is 11.7 Å². The normalized spacial score (nSPS) is 15.8. The first-order chi connectivity index (χ1) is 9.72. The average Bonchev–Trinajstić information content (AvgIpc) is 2.96. The summed E-state index contributed by atoms with van der Waals surface area (Å²) in [4.78, 5) is 11.0. The zero-order valence-electron chi connectivity index (χ0n) is 12.5. The van der Waals surface area contributed by atoms with Crippen molar-refractivity contribution in [2.24, 2.45) is 5.84 Å². The predicted octanol–water partition coefficient (Wildman–Crippen LogP) is 1.78. The van der Waals surface area contributed by atoms with Crippen molar-refractivity contribution in [1.29, 1.82) is 0 Å². The second-order valence-electron chi connectivity index (χ2n) is 5.61. The largest absolute Gasteiger partial charge is 0.370 e. The van der Waals surface area contributed by atoms with Crippen LogP contribution in [0.2, 0.25) is 0 Å². The number of nitrogen functional groups attached to an aromatic ring is 1. The molecular formula is C14H26N6. The second-order valence-corrected chi connectivity index (χ2v) is 5.61. The van der Waals surface area contributed by atoms with Gasteiger partial charge >= 0.3 is 0 Å². The lowest BCUT2D eigenvalue weighted by atomic mass is 10.0. The Bertz CT molecular complexity index is 414. The Balaban J connectivity index is 1.88. The Kier molecular flexibility index (Phi) is 5.55. The van der Waals surface area contributed by atoms with Gasteiger partial charge in [0, 0.05) is 12.1 Å². The molecule has 0 aromatic carbocycles. The van der Waals surface area contributed by atoms with Crippen LogP contribution in [0.1, 0.15) is 44.6 Å². The topological polar surface area (TPSA) is 79.1 Å². The minimum atomic E-state index is 0.323. The Morgan fingerprint density at radius 2 is 1.95 bits per heavy atom. The van der Waals surface area contributed by atoms with Crippen LogP contribution in [0, 0.1) is 0 Å². The third kappa shape index (κ3) is 3.80. The van der Waals surface area contributed by atoms with Crippen LogP contribution in [0.3, 0.4) is 0 Å². The van der Waals surface area contributed by atoms with Crippen LogP contribution in [0.15, 0.2) is 6.33 Å². The van der Waals surface area contributed by atoms with E-state index in [0.717, 1.165) is 30.9 Å². The van der Waals surface area contributed by atoms with Crippen LogP contribution in [0.5, 0.6) is 0 Å². The Morgan fingerprint density at radius 1 is 1.25 bits per heavy atom. The first-order valence-corrected chi connectivity index (χ1v) is 7.50. The van der Waals surface area contributed by atoms with Crippen molar-refractivity contribution in [3.05, 3.63) is 11.9 Å². The number of hydrazine groups is 1. The van der Waals surface area contributed by atoms with Crippen LogP contribution < -0.4 is 16.6 Å². The molecular weight excluding hydrogens is 252 g/mol. The van der Waals surface area contributed by atoms with Crippen molar-refractivity contribution in [1.82, 2.24) is 14.9 Å². The summed E-state index contributed by atoms with van der Waals surface area (Å²) in [5.41, 5.74) is 3.71. The number of aromatic nitrogens is 2. The third-order valence-corrected chi connectivity index (χ3v) is 3.74. The first kappa shape index (κ1) is 15.0. The van der Waals surface area contributed by atoms with Gasteiger partial charge in [0.05, 0.1) is 0 Å². The maximum Gasteiger partial charge on any atom is 0.148 e. The van der Waals surface area contributed by atoms with Crippen LogP contribution in [0.25, 0.3) is 0 Å². The van der Waals surface area contributed by atoms with E-state index in [4.69, 9.17) is 5.84 Å². The lowest BCUT2D eigenvalue weighted by molar-refractivity contribution is 0.337. The molecule has 4 N–H and O–H groups in total. The summed E-state index contributed by atoms with van der Waals surface area (Å²) in [6.07, 6.45) is 5.38. The monoisotopic (exact) mass is 278 g/mol.